The van der Waals surface area contributed by atoms with E-state index in [-0.39, 0.29) is 11.5 Å². The maximum atomic E-state index is 13.2. The molecule has 3 aromatic rings. The third kappa shape index (κ3) is 2.17. The molecule has 0 aliphatic carbocycles. The first-order valence-corrected chi connectivity index (χ1v) is 6.07. The molecule has 1 aromatic heterocycles. The monoisotopic (exact) mass is 256 g/mol. The van der Waals surface area contributed by atoms with E-state index in [1.807, 2.05) is 31.2 Å². The molecule has 0 spiro atoms. The van der Waals surface area contributed by atoms with E-state index in [9.17, 15) is 9.18 Å². The van der Waals surface area contributed by atoms with E-state index in [4.69, 9.17) is 0 Å². The number of aromatic nitrogens is 2. The highest BCUT2D eigenvalue weighted by molar-refractivity contribution is 5.76. The molecule has 0 radical (unpaired) electrons. The molecule has 3 nitrogen and oxygen atoms in total. The summed E-state index contributed by atoms with van der Waals surface area (Å²) >= 11 is 0. The van der Waals surface area contributed by atoms with Gasteiger partial charge in [0.05, 0.1) is 17.6 Å². The van der Waals surface area contributed by atoms with Gasteiger partial charge in [-0.1, -0.05) is 18.2 Å². The van der Waals surface area contributed by atoms with E-state index in [1.54, 1.807) is 10.6 Å². The highest BCUT2D eigenvalue weighted by Crippen LogP contribution is 2.14. The second kappa shape index (κ2) is 4.39. The Morgan fingerprint density at radius 2 is 2.05 bits per heavy atom. The van der Waals surface area contributed by atoms with Crippen LogP contribution in [-0.2, 0) is 6.54 Å². The van der Waals surface area contributed by atoms with Gasteiger partial charge in [0, 0.05) is 0 Å². The Kier molecular flexibility index (Phi) is 2.71. The van der Waals surface area contributed by atoms with E-state index >= 15 is 0 Å². The Morgan fingerprint density at radius 3 is 2.84 bits per heavy atom. The van der Waals surface area contributed by atoms with Crippen LogP contribution in [0.2, 0.25) is 0 Å². The molecule has 0 amide bonds. The minimum Gasteiger partial charge on any atom is -0.306 e. The third-order valence-corrected chi connectivity index (χ3v) is 3.16. The first-order chi connectivity index (χ1) is 9.13. The molecule has 19 heavy (non-hydrogen) atoms. The molecule has 0 unspecified atom stereocenters. The van der Waals surface area contributed by atoms with Crippen LogP contribution in [0.4, 0.5) is 4.39 Å². The van der Waals surface area contributed by atoms with E-state index in [2.05, 4.69) is 4.98 Å². The van der Waals surface area contributed by atoms with Gasteiger partial charge in [0.2, 0.25) is 0 Å². The smallest absolute Gasteiger partial charge is 0.306 e. The number of hydrogen-bond acceptors (Lipinski definition) is 1. The molecule has 3 rings (SSSR count). The number of aryl methyl sites for hydroxylation is 1. The molecule has 1 N–H and O–H groups in total. The van der Waals surface area contributed by atoms with Crippen molar-refractivity contribution in [2.45, 2.75) is 13.5 Å². The van der Waals surface area contributed by atoms with E-state index in [0.717, 1.165) is 22.2 Å². The fourth-order valence-electron chi connectivity index (χ4n) is 2.25. The zero-order valence-electron chi connectivity index (χ0n) is 10.5. The van der Waals surface area contributed by atoms with Crippen LogP contribution in [0.25, 0.3) is 11.0 Å². The zero-order chi connectivity index (χ0) is 13.4. The van der Waals surface area contributed by atoms with Crippen molar-refractivity contribution in [2.75, 3.05) is 0 Å². The predicted octanol–water partition coefficient (Wildman–Crippen LogP) is 2.83. The van der Waals surface area contributed by atoms with Gasteiger partial charge in [0.1, 0.15) is 5.82 Å². The lowest BCUT2D eigenvalue weighted by Gasteiger charge is -2.04. The van der Waals surface area contributed by atoms with Crippen LogP contribution >= 0.6 is 0 Å². The summed E-state index contributed by atoms with van der Waals surface area (Å²) in [6.45, 7) is 2.33. The Balaban J connectivity index is 2.10. The van der Waals surface area contributed by atoms with E-state index < -0.39 is 0 Å². The van der Waals surface area contributed by atoms with Crippen molar-refractivity contribution < 1.29 is 4.39 Å². The number of hydrogen-bond donors (Lipinski definition) is 1. The Labute approximate surface area is 109 Å². The summed E-state index contributed by atoms with van der Waals surface area (Å²) in [5.74, 6) is -0.291. The number of aromatic amines is 1. The maximum Gasteiger partial charge on any atom is 0.326 e. The van der Waals surface area contributed by atoms with Crippen LogP contribution in [0.1, 0.15) is 11.1 Å². The van der Waals surface area contributed by atoms with Gasteiger partial charge in [0.15, 0.2) is 0 Å². The molecular formula is C15H13FN2O. The lowest BCUT2D eigenvalue weighted by molar-refractivity contribution is 0.623. The van der Waals surface area contributed by atoms with Crippen molar-refractivity contribution in [3.63, 3.8) is 0 Å². The lowest BCUT2D eigenvalue weighted by atomic mass is 10.2. The number of rotatable bonds is 2. The molecule has 2 aromatic carbocycles. The summed E-state index contributed by atoms with van der Waals surface area (Å²) in [6, 6.07) is 12.1. The van der Waals surface area contributed by atoms with E-state index in [1.165, 1.54) is 12.1 Å². The van der Waals surface area contributed by atoms with Crippen molar-refractivity contribution in [1.29, 1.82) is 0 Å². The van der Waals surface area contributed by atoms with Crippen LogP contribution in [0.3, 0.4) is 0 Å². The van der Waals surface area contributed by atoms with Crippen molar-refractivity contribution in [3.8, 4) is 0 Å². The van der Waals surface area contributed by atoms with Gasteiger partial charge >= 0.3 is 5.69 Å². The van der Waals surface area contributed by atoms with Gasteiger partial charge in [-0.3, -0.25) is 4.57 Å². The van der Waals surface area contributed by atoms with Gasteiger partial charge in [-0.2, -0.15) is 0 Å². The quantitative estimate of drug-likeness (QED) is 0.752. The molecule has 0 saturated heterocycles. The Bertz CT molecular complexity index is 801. The topological polar surface area (TPSA) is 37.8 Å². The van der Waals surface area contributed by atoms with Gasteiger partial charge in [0.25, 0.3) is 0 Å². The standard InChI is InChI=1S/C15H13FN2O/c1-10-5-6-14-13(7-10)17-15(19)18(14)9-11-3-2-4-12(16)8-11/h2-8H,9H2,1H3,(H,17,19). The lowest BCUT2D eigenvalue weighted by Crippen LogP contribution is -2.17. The number of imidazole rings is 1. The summed E-state index contributed by atoms with van der Waals surface area (Å²) in [7, 11) is 0. The summed E-state index contributed by atoms with van der Waals surface area (Å²) in [5, 5.41) is 0. The summed E-state index contributed by atoms with van der Waals surface area (Å²) in [4.78, 5) is 14.8. The summed E-state index contributed by atoms with van der Waals surface area (Å²) in [6.07, 6.45) is 0. The van der Waals surface area contributed by atoms with Crippen LogP contribution in [0.15, 0.2) is 47.3 Å². The van der Waals surface area contributed by atoms with Crippen LogP contribution < -0.4 is 5.69 Å². The molecule has 0 saturated carbocycles. The average molecular weight is 256 g/mol. The second-order valence-corrected chi connectivity index (χ2v) is 4.67. The molecule has 1 heterocycles. The second-order valence-electron chi connectivity index (χ2n) is 4.67. The molecule has 0 atom stereocenters. The molecular weight excluding hydrogens is 243 g/mol. The van der Waals surface area contributed by atoms with Crippen LogP contribution in [0, 0.1) is 12.7 Å². The molecule has 0 aliphatic rings. The van der Waals surface area contributed by atoms with Gasteiger partial charge in [-0.05, 0) is 42.3 Å². The highest BCUT2D eigenvalue weighted by atomic mass is 19.1. The predicted molar refractivity (Wildman–Crippen MR) is 72.8 cm³/mol. The molecule has 0 bridgehead atoms. The van der Waals surface area contributed by atoms with Gasteiger partial charge in [-0.15, -0.1) is 0 Å². The SMILES string of the molecule is Cc1ccc2c(c1)[nH]c(=O)n2Cc1cccc(F)c1. The fraction of sp³-hybridized carbons (Fsp3) is 0.133. The van der Waals surface area contributed by atoms with Crippen molar-refractivity contribution in [3.05, 3.63) is 69.9 Å². The minimum absolute atomic E-state index is 0.176. The molecule has 96 valence electrons. The fourth-order valence-corrected chi connectivity index (χ4v) is 2.25. The Hall–Kier alpha value is -2.36. The van der Waals surface area contributed by atoms with Gasteiger partial charge < -0.3 is 4.98 Å². The van der Waals surface area contributed by atoms with E-state index in [0.29, 0.717) is 6.54 Å². The normalized spacial score (nSPS) is 11.1. The average Bonchev–Trinajstić information content (AvgIpc) is 2.65. The number of benzene rings is 2. The summed E-state index contributed by atoms with van der Waals surface area (Å²) in [5.41, 5.74) is 3.32. The number of halogens is 1. The Morgan fingerprint density at radius 1 is 1.21 bits per heavy atom. The minimum atomic E-state index is -0.291. The maximum absolute atomic E-state index is 13.2. The number of nitrogens with one attached hydrogen (secondary N) is 1. The van der Waals surface area contributed by atoms with Crippen LogP contribution in [-0.4, -0.2) is 9.55 Å². The van der Waals surface area contributed by atoms with Crippen molar-refractivity contribution in [1.82, 2.24) is 9.55 Å². The number of nitrogens with zero attached hydrogens (tertiary/aromatic N) is 1. The third-order valence-electron chi connectivity index (χ3n) is 3.16. The van der Waals surface area contributed by atoms with Crippen LogP contribution in [0.5, 0.6) is 0 Å². The largest absolute Gasteiger partial charge is 0.326 e. The molecule has 0 aliphatic heterocycles. The van der Waals surface area contributed by atoms with Crippen molar-refractivity contribution in [2.24, 2.45) is 0 Å². The first kappa shape index (κ1) is 11.7. The summed E-state index contributed by atoms with van der Waals surface area (Å²) < 4.78 is 14.8. The zero-order valence-corrected chi connectivity index (χ0v) is 10.5. The number of fused-ring (bicyclic) bond motifs is 1. The first-order valence-electron chi connectivity index (χ1n) is 6.07. The van der Waals surface area contributed by atoms with Gasteiger partial charge in [-0.25, -0.2) is 9.18 Å². The number of H-pyrrole nitrogens is 1. The van der Waals surface area contributed by atoms with Crippen molar-refractivity contribution >= 4 is 11.0 Å². The highest BCUT2D eigenvalue weighted by Gasteiger charge is 2.07. The molecule has 0 fully saturated rings. The molecule has 4 heteroatoms.